The van der Waals surface area contributed by atoms with E-state index in [1.165, 1.54) is 0 Å². The van der Waals surface area contributed by atoms with E-state index in [0.29, 0.717) is 19.6 Å². The Morgan fingerprint density at radius 2 is 1.68 bits per heavy atom. The first kappa shape index (κ1) is 23.9. The van der Waals surface area contributed by atoms with E-state index < -0.39 is 11.6 Å². The predicted molar refractivity (Wildman–Crippen MR) is 132 cm³/mol. The van der Waals surface area contributed by atoms with Gasteiger partial charge < -0.3 is 24.2 Å². The molecular formula is C27H35N3O4. The summed E-state index contributed by atoms with van der Waals surface area (Å²) < 4.78 is 10.9. The van der Waals surface area contributed by atoms with Crippen LogP contribution in [0.15, 0.2) is 54.6 Å². The SMILES string of the molecule is COc1ccc(N2CCN(C(=O)OC(C)(C)C)CC2C(=O)N(Cc2ccccc2)C2CC2)cc1. The second-order valence-electron chi connectivity index (χ2n) is 10.0. The Labute approximate surface area is 202 Å². The number of carbonyl (C=O) groups is 2. The summed E-state index contributed by atoms with van der Waals surface area (Å²) >= 11 is 0. The number of benzene rings is 2. The third kappa shape index (κ3) is 5.82. The van der Waals surface area contributed by atoms with E-state index >= 15 is 0 Å². The van der Waals surface area contributed by atoms with Crippen LogP contribution in [0.5, 0.6) is 5.75 Å². The van der Waals surface area contributed by atoms with E-state index in [2.05, 4.69) is 17.0 Å². The largest absolute Gasteiger partial charge is 0.497 e. The Balaban J connectivity index is 1.60. The van der Waals surface area contributed by atoms with Crippen LogP contribution < -0.4 is 9.64 Å². The van der Waals surface area contributed by atoms with Crippen molar-refractivity contribution in [3.05, 3.63) is 60.2 Å². The number of amides is 2. The molecule has 2 fully saturated rings. The fraction of sp³-hybridized carbons (Fsp3) is 0.481. The number of nitrogens with zero attached hydrogens (tertiary/aromatic N) is 3. The summed E-state index contributed by atoms with van der Waals surface area (Å²) in [6.07, 6.45) is 1.66. The lowest BCUT2D eigenvalue weighted by Gasteiger charge is -2.43. The molecule has 0 spiro atoms. The number of hydrogen-bond acceptors (Lipinski definition) is 5. The molecular weight excluding hydrogens is 430 g/mol. The van der Waals surface area contributed by atoms with Crippen LogP contribution in [0.2, 0.25) is 0 Å². The van der Waals surface area contributed by atoms with E-state index in [-0.39, 0.29) is 24.6 Å². The second-order valence-corrected chi connectivity index (χ2v) is 10.0. The number of piperazine rings is 1. The van der Waals surface area contributed by atoms with Crippen molar-refractivity contribution in [3.8, 4) is 5.75 Å². The minimum Gasteiger partial charge on any atom is -0.497 e. The Morgan fingerprint density at radius 3 is 2.26 bits per heavy atom. The maximum atomic E-state index is 14.0. The summed E-state index contributed by atoms with van der Waals surface area (Å²) in [4.78, 5) is 32.7. The zero-order valence-corrected chi connectivity index (χ0v) is 20.6. The maximum absolute atomic E-state index is 14.0. The van der Waals surface area contributed by atoms with Crippen molar-refractivity contribution in [1.82, 2.24) is 9.80 Å². The van der Waals surface area contributed by atoms with Gasteiger partial charge in [-0.15, -0.1) is 0 Å². The van der Waals surface area contributed by atoms with E-state index in [0.717, 1.165) is 29.8 Å². The van der Waals surface area contributed by atoms with Gasteiger partial charge >= 0.3 is 6.09 Å². The van der Waals surface area contributed by atoms with Gasteiger partial charge in [0.2, 0.25) is 5.91 Å². The molecule has 1 heterocycles. The lowest BCUT2D eigenvalue weighted by atomic mass is 10.1. The highest BCUT2D eigenvalue weighted by atomic mass is 16.6. The first-order valence-corrected chi connectivity index (χ1v) is 12.0. The van der Waals surface area contributed by atoms with Gasteiger partial charge in [0, 0.05) is 31.4 Å². The summed E-state index contributed by atoms with van der Waals surface area (Å²) in [6, 6.07) is 17.6. The van der Waals surface area contributed by atoms with Crippen LogP contribution in [-0.4, -0.2) is 66.2 Å². The van der Waals surface area contributed by atoms with Crippen molar-refractivity contribution in [2.45, 2.75) is 57.8 Å². The zero-order valence-electron chi connectivity index (χ0n) is 20.6. The average molecular weight is 466 g/mol. The Hall–Kier alpha value is -3.22. The van der Waals surface area contributed by atoms with Crippen molar-refractivity contribution in [2.24, 2.45) is 0 Å². The van der Waals surface area contributed by atoms with Crippen molar-refractivity contribution < 1.29 is 19.1 Å². The second kappa shape index (κ2) is 9.95. The zero-order chi connectivity index (χ0) is 24.3. The lowest BCUT2D eigenvalue weighted by Crippen LogP contribution is -2.61. The fourth-order valence-electron chi connectivity index (χ4n) is 4.31. The third-order valence-electron chi connectivity index (χ3n) is 6.19. The third-order valence-corrected chi connectivity index (χ3v) is 6.19. The smallest absolute Gasteiger partial charge is 0.410 e. The van der Waals surface area contributed by atoms with Gasteiger partial charge in [-0.25, -0.2) is 4.79 Å². The van der Waals surface area contributed by atoms with E-state index in [9.17, 15) is 9.59 Å². The molecule has 182 valence electrons. The number of anilines is 1. The normalized spacial score (nSPS) is 18.4. The Kier molecular flexibility index (Phi) is 7.00. The van der Waals surface area contributed by atoms with Crippen LogP contribution in [0.3, 0.4) is 0 Å². The molecule has 2 amide bonds. The van der Waals surface area contributed by atoms with Gasteiger partial charge in [0.1, 0.15) is 17.4 Å². The summed E-state index contributed by atoms with van der Waals surface area (Å²) in [5.41, 5.74) is 1.47. The van der Waals surface area contributed by atoms with Crippen molar-refractivity contribution in [3.63, 3.8) is 0 Å². The van der Waals surface area contributed by atoms with Crippen LogP contribution in [0.4, 0.5) is 10.5 Å². The van der Waals surface area contributed by atoms with Gasteiger partial charge in [0.15, 0.2) is 0 Å². The van der Waals surface area contributed by atoms with Gasteiger partial charge in [-0.3, -0.25) is 4.79 Å². The van der Waals surface area contributed by atoms with Crippen LogP contribution in [0.25, 0.3) is 0 Å². The molecule has 1 saturated carbocycles. The molecule has 1 atom stereocenters. The summed E-state index contributed by atoms with van der Waals surface area (Å²) in [5, 5.41) is 0. The van der Waals surface area contributed by atoms with Gasteiger partial charge in [-0.1, -0.05) is 30.3 Å². The van der Waals surface area contributed by atoms with Crippen LogP contribution in [0.1, 0.15) is 39.2 Å². The van der Waals surface area contributed by atoms with Crippen LogP contribution in [-0.2, 0) is 16.1 Å². The highest BCUT2D eigenvalue weighted by Crippen LogP contribution is 2.32. The van der Waals surface area contributed by atoms with Gasteiger partial charge in [0.25, 0.3) is 0 Å². The Morgan fingerprint density at radius 1 is 1.00 bits per heavy atom. The van der Waals surface area contributed by atoms with E-state index in [4.69, 9.17) is 9.47 Å². The van der Waals surface area contributed by atoms with E-state index in [1.54, 1.807) is 12.0 Å². The van der Waals surface area contributed by atoms with Crippen LogP contribution >= 0.6 is 0 Å². The molecule has 0 radical (unpaired) electrons. The highest BCUT2D eigenvalue weighted by molar-refractivity contribution is 5.87. The monoisotopic (exact) mass is 465 g/mol. The van der Waals surface area contributed by atoms with E-state index in [1.807, 2.05) is 68.1 Å². The number of methoxy groups -OCH3 is 1. The maximum Gasteiger partial charge on any atom is 0.410 e. The molecule has 0 N–H and O–H groups in total. The topological polar surface area (TPSA) is 62.3 Å². The summed E-state index contributed by atoms with van der Waals surface area (Å²) in [5.74, 6) is 0.818. The first-order valence-electron chi connectivity index (χ1n) is 12.0. The fourth-order valence-corrected chi connectivity index (χ4v) is 4.31. The summed E-state index contributed by atoms with van der Waals surface area (Å²) in [6.45, 7) is 7.47. The molecule has 0 bridgehead atoms. The minimum absolute atomic E-state index is 0.0513. The van der Waals surface area contributed by atoms with Gasteiger partial charge in [-0.2, -0.15) is 0 Å². The van der Waals surface area contributed by atoms with Crippen molar-refractivity contribution in [2.75, 3.05) is 31.6 Å². The molecule has 4 rings (SSSR count). The molecule has 1 saturated heterocycles. The molecule has 0 aromatic heterocycles. The molecule has 1 aliphatic carbocycles. The highest BCUT2D eigenvalue weighted by Gasteiger charge is 2.42. The molecule has 34 heavy (non-hydrogen) atoms. The first-order chi connectivity index (χ1) is 16.2. The molecule has 2 aliphatic rings. The Bertz CT molecular complexity index is 983. The summed E-state index contributed by atoms with van der Waals surface area (Å²) in [7, 11) is 1.64. The number of carbonyl (C=O) groups excluding carboxylic acids is 2. The lowest BCUT2D eigenvalue weighted by molar-refractivity contribution is -0.134. The minimum atomic E-state index is -0.586. The van der Waals surface area contributed by atoms with Crippen molar-refractivity contribution in [1.29, 1.82) is 0 Å². The molecule has 2 aromatic carbocycles. The number of hydrogen-bond donors (Lipinski definition) is 0. The number of ether oxygens (including phenoxy) is 2. The molecule has 1 unspecified atom stereocenters. The average Bonchev–Trinajstić information content (AvgIpc) is 3.67. The van der Waals surface area contributed by atoms with Gasteiger partial charge in [-0.05, 0) is 63.4 Å². The standard InChI is InChI=1S/C27H35N3O4/c1-27(2,3)34-26(32)28-16-17-29(21-12-14-23(33-4)15-13-21)24(19-28)25(31)30(22-10-11-22)18-20-8-6-5-7-9-20/h5-9,12-15,22,24H,10-11,16-19H2,1-4H3. The van der Waals surface area contributed by atoms with Crippen LogP contribution in [0, 0.1) is 0 Å². The van der Waals surface area contributed by atoms with Crippen molar-refractivity contribution >= 4 is 17.7 Å². The predicted octanol–water partition coefficient (Wildman–Crippen LogP) is 4.31. The number of rotatable bonds is 6. The van der Waals surface area contributed by atoms with Gasteiger partial charge in [0.05, 0.1) is 13.7 Å². The molecule has 7 heteroatoms. The molecule has 2 aromatic rings. The quantitative estimate of drug-likeness (QED) is 0.636. The molecule has 7 nitrogen and oxygen atoms in total. The molecule has 1 aliphatic heterocycles.